The highest BCUT2D eigenvalue weighted by molar-refractivity contribution is 5.88. The molecule has 7 nitrogen and oxygen atoms in total. The molecule has 0 unspecified atom stereocenters. The molecule has 3 rings (SSSR count). The lowest BCUT2D eigenvalue weighted by Gasteiger charge is -2.32. The molecular formula is C19H28N6O. The second kappa shape index (κ2) is 7.80. The number of aromatic nitrogens is 2. The van der Waals surface area contributed by atoms with Gasteiger partial charge in [0.15, 0.2) is 5.76 Å². The van der Waals surface area contributed by atoms with Crippen LogP contribution < -0.4 is 11.5 Å². The third-order valence-corrected chi connectivity index (χ3v) is 4.97. The maximum Gasteiger partial charge on any atom is 0.151 e. The van der Waals surface area contributed by atoms with Crippen LogP contribution in [0.15, 0.2) is 30.3 Å². The lowest BCUT2D eigenvalue weighted by Crippen LogP contribution is -2.45. The molecular weight excluding hydrogens is 328 g/mol. The number of aliphatic hydroxyl groups excluding tert-OH is 1. The fourth-order valence-electron chi connectivity index (χ4n) is 3.26. The minimum atomic E-state index is -0.0166. The van der Waals surface area contributed by atoms with Gasteiger partial charge in [-0.05, 0) is 14.0 Å². The van der Waals surface area contributed by atoms with Crippen LogP contribution in [0.5, 0.6) is 0 Å². The van der Waals surface area contributed by atoms with Crippen molar-refractivity contribution < 1.29 is 5.11 Å². The molecule has 0 saturated carbocycles. The number of rotatable bonds is 5. The van der Waals surface area contributed by atoms with E-state index in [9.17, 15) is 5.11 Å². The van der Waals surface area contributed by atoms with Crippen LogP contribution >= 0.6 is 0 Å². The molecule has 0 aliphatic carbocycles. The number of hydrogen-bond donors (Lipinski definition) is 3. The van der Waals surface area contributed by atoms with Gasteiger partial charge in [-0.1, -0.05) is 30.3 Å². The fourth-order valence-corrected chi connectivity index (χ4v) is 3.26. The van der Waals surface area contributed by atoms with Crippen molar-refractivity contribution in [2.24, 2.45) is 5.73 Å². The maximum atomic E-state index is 10.7. The third kappa shape index (κ3) is 3.84. The summed E-state index contributed by atoms with van der Waals surface area (Å²) < 4.78 is 1.76. The number of piperazine rings is 1. The zero-order chi connectivity index (χ0) is 18.7. The highest BCUT2D eigenvalue weighted by Gasteiger charge is 2.20. The average molecular weight is 356 g/mol. The second-order valence-corrected chi connectivity index (χ2v) is 6.84. The number of nitrogen functional groups attached to an aromatic ring is 1. The monoisotopic (exact) mass is 356 g/mol. The molecule has 26 heavy (non-hydrogen) atoms. The predicted molar refractivity (Wildman–Crippen MR) is 105 cm³/mol. The smallest absolute Gasteiger partial charge is 0.151 e. The van der Waals surface area contributed by atoms with Crippen LogP contribution in [0.2, 0.25) is 0 Å². The van der Waals surface area contributed by atoms with E-state index in [1.165, 1.54) is 0 Å². The molecule has 5 N–H and O–H groups in total. The third-order valence-electron chi connectivity index (χ3n) is 4.97. The Morgan fingerprint density at radius 1 is 1.12 bits per heavy atom. The highest BCUT2D eigenvalue weighted by Crippen LogP contribution is 2.27. The van der Waals surface area contributed by atoms with E-state index < -0.39 is 0 Å². The first-order valence-electron chi connectivity index (χ1n) is 8.95. The quantitative estimate of drug-likeness (QED) is 0.700. The lowest BCUT2D eigenvalue weighted by molar-refractivity contribution is 0.149. The minimum Gasteiger partial charge on any atom is -0.505 e. The summed E-state index contributed by atoms with van der Waals surface area (Å²) in [4.78, 5) is 4.74. The van der Waals surface area contributed by atoms with Gasteiger partial charge in [-0.3, -0.25) is 4.90 Å². The van der Waals surface area contributed by atoms with Gasteiger partial charge in [-0.15, -0.1) is 0 Å². The topological polar surface area (TPSA) is 96.6 Å². The molecule has 1 aromatic heterocycles. The summed E-state index contributed by atoms with van der Waals surface area (Å²) >= 11 is 0. The second-order valence-electron chi connectivity index (χ2n) is 6.84. The Morgan fingerprint density at radius 2 is 1.77 bits per heavy atom. The van der Waals surface area contributed by atoms with E-state index in [0.717, 1.165) is 38.3 Å². The number of anilines is 1. The lowest BCUT2D eigenvalue weighted by atomic mass is 10.1. The fraction of sp³-hybridized carbons (Fsp3) is 0.421. The van der Waals surface area contributed by atoms with Gasteiger partial charge in [0.25, 0.3) is 0 Å². The van der Waals surface area contributed by atoms with Crippen molar-refractivity contribution >= 4 is 17.3 Å². The molecule has 140 valence electrons. The summed E-state index contributed by atoms with van der Waals surface area (Å²) in [5.74, 6) is 0.435. The van der Waals surface area contributed by atoms with Gasteiger partial charge in [0.05, 0.1) is 23.5 Å². The summed E-state index contributed by atoms with van der Waals surface area (Å²) in [5.41, 5.74) is 14.7. The van der Waals surface area contributed by atoms with Crippen LogP contribution in [0.25, 0.3) is 11.5 Å². The first-order chi connectivity index (χ1) is 12.5. The van der Waals surface area contributed by atoms with E-state index in [2.05, 4.69) is 21.9 Å². The summed E-state index contributed by atoms with van der Waals surface area (Å²) in [7, 11) is 2.14. The number of nitrogens with two attached hydrogens (primary N) is 2. The first kappa shape index (κ1) is 18.3. The van der Waals surface area contributed by atoms with Gasteiger partial charge in [-0.25, -0.2) is 4.68 Å². The van der Waals surface area contributed by atoms with Gasteiger partial charge >= 0.3 is 0 Å². The maximum absolute atomic E-state index is 10.7. The van der Waals surface area contributed by atoms with Gasteiger partial charge in [-0.2, -0.15) is 5.10 Å². The van der Waals surface area contributed by atoms with Gasteiger partial charge in [0, 0.05) is 38.3 Å². The van der Waals surface area contributed by atoms with Crippen LogP contribution in [-0.2, 0) is 6.54 Å². The molecule has 1 aromatic carbocycles. The van der Waals surface area contributed by atoms with Crippen LogP contribution in [0.4, 0.5) is 5.82 Å². The van der Waals surface area contributed by atoms with E-state index in [1.54, 1.807) is 4.68 Å². The van der Waals surface area contributed by atoms with E-state index >= 15 is 0 Å². The molecule has 0 amide bonds. The summed E-state index contributed by atoms with van der Waals surface area (Å²) in [5, 5.41) is 15.2. The molecule has 0 spiro atoms. The zero-order valence-corrected chi connectivity index (χ0v) is 15.5. The molecule has 1 aliphatic rings. The Hall–Kier alpha value is -2.51. The number of aliphatic hydroxyl groups is 1. The van der Waals surface area contributed by atoms with Gasteiger partial charge in [0.1, 0.15) is 5.82 Å². The number of nitrogens with zero attached hydrogens (tertiary/aromatic N) is 4. The van der Waals surface area contributed by atoms with Gasteiger partial charge < -0.3 is 21.5 Å². The summed E-state index contributed by atoms with van der Waals surface area (Å²) in [6, 6.07) is 9.38. The van der Waals surface area contributed by atoms with Crippen molar-refractivity contribution in [3.63, 3.8) is 0 Å². The van der Waals surface area contributed by atoms with Crippen LogP contribution in [0.3, 0.4) is 0 Å². The molecule has 2 heterocycles. The zero-order valence-electron chi connectivity index (χ0n) is 15.5. The first-order valence-corrected chi connectivity index (χ1v) is 8.95. The van der Waals surface area contributed by atoms with Gasteiger partial charge in [0.2, 0.25) is 0 Å². The van der Waals surface area contributed by atoms with Crippen molar-refractivity contribution in [2.75, 3.05) is 45.5 Å². The molecule has 7 heteroatoms. The van der Waals surface area contributed by atoms with E-state index in [4.69, 9.17) is 11.5 Å². The van der Waals surface area contributed by atoms with Crippen LogP contribution in [-0.4, -0.2) is 64.5 Å². The Morgan fingerprint density at radius 3 is 2.42 bits per heavy atom. The molecule has 0 bridgehead atoms. The normalized spacial score (nSPS) is 17.3. The number of benzene rings is 1. The van der Waals surface area contributed by atoms with Crippen molar-refractivity contribution in [2.45, 2.75) is 13.5 Å². The standard InChI is InChI=1S/C19H28N6O/c1-14-16(18(26)17(20)15-6-4-3-5-7-15)19(21)25(22-14)13-12-24-10-8-23(2)9-11-24/h3-7,26H,8-13,20-21H2,1-2H3/b18-17+. The van der Waals surface area contributed by atoms with Crippen molar-refractivity contribution in [1.29, 1.82) is 0 Å². The van der Waals surface area contributed by atoms with Crippen molar-refractivity contribution in [3.05, 3.63) is 47.2 Å². The average Bonchev–Trinajstić information content (AvgIpc) is 2.94. The molecule has 0 atom stereocenters. The van der Waals surface area contributed by atoms with Crippen molar-refractivity contribution in [3.8, 4) is 0 Å². The van der Waals surface area contributed by atoms with E-state index in [-0.39, 0.29) is 5.76 Å². The van der Waals surface area contributed by atoms with Crippen LogP contribution in [0, 0.1) is 6.92 Å². The van der Waals surface area contributed by atoms with E-state index in [0.29, 0.717) is 29.3 Å². The minimum absolute atomic E-state index is 0.0166. The molecule has 1 fully saturated rings. The molecule has 1 saturated heterocycles. The number of hydrogen-bond acceptors (Lipinski definition) is 6. The largest absolute Gasteiger partial charge is 0.505 e. The number of likely N-dealkylation sites (N-methyl/N-ethyl adjacent to an activating group) is 1. The Kier molecular flexibility index (Phi) is 5.49. The Bertz CT molecular complexity index is 775. The summed E-state index contributed by atoms with van der Waals surface area (Å²) in [6.07, 6.45) is 0. The molecule has 1 aliphatic heterocycles. The number of aryl methyl sites for hydroxylation is 1. The molecule has 2 aromatic rings. The highest BCUT2D eigenvalue weighted by atomic mass is 16.3. The Labute approximate surface area is 154 Å². The SMILES string of the molecule is Cc1nn(CCN2CCN(C)CC2)c(N)c1/C(O)=C(\N)c1ccccc1. The molecule has 0 radical (unpaired) electrons. The van der Waals surface area contributed by atoms with E-state index in [1.807, 2.05) is 37.3 Å². The Balaban J connectivity index is 1.77. The predicted octanol–water partition coefficient (Wildman–Crippen LogP) is 1.36. The van der Waals surface area contributed by atoms with Crippen LogP contribution in [0.1, 0.15) is 16.8 Å². The summed E-state index contributed by atoms with van der Waals surface area (Å²) in [6.45, 7) is 7.68. The van der Waals surface area contributed by atoms with Crippen molar-refractivity contribution in [1.82, 2.24) is 19.6 Å².